The number of ether oxygens (including phenoxy) is 4. The SMILES string of the molecule is CCCCOc1ccc(-c2ccc(-c3nc(-c4ccc(-c5ccc(OCCCC)cc5)s4)c(-c4ccc(-c5ccc(OCCCC)cc5)s4)nc3-c3ccc(-c4ccc(OCCCC)cc4)s3)s2)cc1. The van der Waals surface area contributed by atoms with E-state index in [1.807, 2.05) is 0 Å². The summed E-state index contributed by atoms with van der Waals surface area (Å²) < 4.78 is 24.0. The lowest BCUT2D eigenvalue weighted by molar-refractivity contribution is 0.309. The van der Waals surface area contributed by atoms with Crippen LogP contribution in [0.4, 0.5) is 0 Å². The predicted octanol–water partition coefficient (Wildman–Crippen LogP) is 18.8. The molecule has 0 fully saturated rings. The molecular weight excluding hydrogens is 941 g/mol. The molecule has 5 aromatic heterocycles. The number of hydrogen-bond donors (Lipinski definition) is 0. The lowest BCUT2D eigenvalue weighted by atomic mass is 10.1. The Morgan fingerprint density at radius 1 is 0.271 bits per heavy atom. The van der Waals surface area contributed by atoms with E-state index in [2.05, 4.69) is 173 Å². The maximum Gasteiger partial charge on any atom is 0.119 e. The summed E-state index contributed by atoms with van der Waals surface area (Å²) in [6.45, 7) is 11.6. The van der Waals surface area contributed by atoms with E-state index in [1.54, 1.807) is 45.3 Å². The van der Waals surface area contributed by atoms with Crippen molar-refractivity contribution in [3.05, 3.63) is 146 Å². The van der Waals surface area contributed by atoms with Gasteiger partial charge < -0.3 is 18.9 Å². The second kappa shape index (κ2) is 24.2. The molecule has 0 bridgehead atoms. The highest BCUT2D eigenvalue weighted by Gasteiger charge is 2.24. The van der Waals surface area contributed by atoms with Crippen LogP contribution in [0.2, 0.25) is 0 Å². The Balaban J connectivity index is 1.14. The van der Waals surface area contributed by atoms with Crippen LogP contribution < -0.4 is 18.9 Å². The summed E-state index contributed by atoms with van der Waals surface area (Å²) in [6, 6.07) is 51.5. The maximum atomic E-state index is 6.01. The molecule has 9 rings (SSSR count). The summed E-state index contributed by atoms with van der Waals surface area (Å²) in [6.07, 6.45) is 8.57. The fourth-order valence-corrected chi connectivity index (χ4v) is 11.8. The number of nitrogens with zero attached hydrogens (tertiary/aromatic N) is 2. The second-order valence-electron chi connectivity index (χ2n) is 17.2. The molecule has 0 saturated heterocycles. The van der Waals surface area contributed by atoms with Crippen LogP contribution in [-0.4, -0.2) is 36.4 Å². The molecule has 0 aliphatic rings. The van der Waals surface area contributed by atoms with Gasteiger partial charge in [0.2, 0.25) is 0 Å². The first-order valence-corrected chi connectivity index (χ1v) is 28.0. The third-order valence-corrected chi connectivity index (χ3v) is 16.4. The van der Waals surface area contributed by atoms with Gasteiger partial charge in [0.05, 0.1) is 45.9 Å². The van der Waals surface area contributed by atoms with Crippen molar-refractivity contribution in [3.63, 3.8) is 0 Å². The van der Waals surface area contributed by atoms with Gasteiger partial charge in [0.1, 0.15) is 45.8 Å². The summed E-state index contributed by atoms with van der Waals surface area (Å²) in [4.78, 5) is 20.4. The van der Waals surface area contributed by atoms with E-state index in [4.69, 9.17) is 28.9 Å². The lowest BCUT2D eigenvalue weighted by Gasteiger charge is -2.12. The van der Waals surface area contributed by atoms with Gasteiger partial charge in [-0.3, -0.25) is 0 Å². The fourth-order valence-electron chi connectivity index (χ4n) is 7.80. The van der Waals surface area contributed by atoms with Crippen molar-refractivity contribution in [2.24, 2.45) is 0 Å². The Morgan fingerprint density at radius 2 is 0.471 bits per heavy atom. The zero-order valence-electron chi connectivity index (χ0n) is 40.5. The second-order valence-corrected chi connectivity index (χ2v) is 21.5. The maximum absolute atomic E-state index is 6.01. The minimum Gasteiger partial charge on any atom is -0.494 e. The topological polar surface area (TPSA) is 62.7 Å². The summed E-state index contributed by atoms with van der Waals surface area (Å²) in [5, 5.41) is 0. The van der Waals surface area contributed by atoms with Crippen LogP contribution in [0.25, 0.3) is 84.0 Å². The molecule has 4 aromatic carbocycles. The van der Waals surface area contributed by atoms with Crippen molar-refractivity contribution in [2.45, 2.75) is 79.1 Å². The van der Waals surface area contributed by atoms with Crippen molar-refractivity contribution >= 4 is 45.3 Å². The van der Waals surface area contributed by atoms with Gasteiger partial charge in [-0.1, -0.05) is 53.4 Å². The Hall–Kier alpha value is -6.04. The van der Waals surface area contributed by atoms with Crippen LogP contribution in [0.1, 0.15) is 79.1 Å². The molecule has 10 heteroatoms. The van der Waals surface area contributed by atoms with E-state index in [-0.39, 0.29) is 0 Å². The summed E-state index contributed by atoms with van der Waals surface area (Å²) in [5.74, 6) is 3.58. The van der Waals surface area contributed by atoms with Crippen LogP contribution in [0, 0.1) is 0 Å². The smallest absolute Gasteiger partial charge is 0.119 e. The molecule has 0 saturated carbocycles. The molecule has 0 spiro atoms. The molecule has 0 radical (unpaired) electrons. The van der Waals surface area contributed by atoms with Gasteiger partial charge in [-0.15, -0.1) is 45.3 Å². The van der Waals surface area contributed by atoms with E-state index in [0.29, 0.717) is 0 Å². The van der Waals surface area contributed by atoms with Crippen LogP contribution in [0.15, 0.2) is 146 Å². The van der Waals surface area contributed by atoms with E-state index in [1.165, 1.54) is 0 Å². The van der Waals surface area contributed by atoms with Gasteiger partial charge in [0.25, 0.3) is 0 Å². The Morgan fingerprint density at radius 3 is 0.671 bits per heavy atom. The van der Waals surface area contributed by atoms with E-state index < -0.39 is 0 Å². The molecule has 0 amide bonds. The molecule has 358 valence electrons. The quantitative estimate of drug-likeness (QED) is 0.0562. The molecule has 0 unspecified atom stereocenters. The third kappa shape index (κ3) is 12.1. The van der Waals surface area contributed by atoms with Crippen molar-refractivity contribution in [1.82, 2.24) is 9.97 Å². The molecule has 0 aliphatic heterocycles. The molecule has 0 aliphatic carbocycles. The summed E-state index contributed by atoms with van der Waals surface area (Å²) in [7, 11) is 0. The number of unbranched alkanes of at least 4 members (excludes halogenated alkanes) is 4. The molecule has 6 nitrogen and oxygen atoms in total. The number of hydrogen-bond acceptors (Lipinski definition) is 10. The largest absolute Gasteiger partial charge is 0.494 e. The molecule has 0 N–H and O–H groups in total. The Labute approximate surface area is 429 Å². The van der Waals surface area contributed by atoms with E-state index in [9.17, 15) is 0 Å². The van der Waals surface area contributed by atoms with Crippen LogP contribution in [0.3, 0.4) is 0 Å². The first-order valence-electron chi connectivity index (χ1n) is 24.8. The average molecular weight is 1000 g/mol. The fraction of sp³-hybridized carbons (Fsp3) is 0.267. The number of thiophene rings is 4. The van der Waals surface area contributed by atoms with Gasteiger partial charge in [-0.25, -0.2) is 9.97 Å². The van der Waals surface area contributed by atoms with E-state index in [0.717, 1.165) is 185 Å². The normalized spacial score (nSPS) is 11.3. The summed E-state index contributed by atoms with van der Waals surface area (Å²) in [5.41, 5.74) is 8.01. The third-order valence-electron chi connectivity index (χ3n) is 11.9. The minimum absolute atomic E-state index is 0.725. The monoisotopic (exact) mass is 1000 g/mol. The minimum atomic E-state index is 0.725. The lowest BCUT2D eigenvalue weighted by Crippen LogP contribution is -1.97. The van der Waals surface area contributed by atoms with Gasteiger partial charge in [0, 0.05) is 19.5 Å². The zero-order chi connectivity index (χ0) is 48.1. The highest BCUT2D eigenvalue weighted by Crippen LogP contribution is 2.47. The first-order chi connectivity index (χ1) is 34.5. The Kier molecular flexibility index (Phi) is 16.9. The van der Waals surface area contributed by atoms with Crippen molar-refractivity contribution in [1.29, 1.82) is 0 Å². The van der Waals surface area contributed by atoms with Gasteiger partial charge in [0.15, 0.2) is 0 Å². The molecule has 9 aromatic rings. The van der Waals surface area contributed by atoms with Gasteiger partial charge in [-0.2, -0.15) is 0 Å². The zero-order valence-corrected chi connectivity index (χ0v) is 43.8. The molecular formula is C60H60N2O4S4. The molecule has 0 atom stereocenters. The summed E-state index contributed by atoms with van der Waals surface area (Å²) >= 11 is 6.97. The molecule has 5 heterocycles. The van der Waals surface area contributed by atoms with Gasteiger partial charge >= 0.3 is 0 Å². The van der Waals surface area contributed by atoms with Crippen molar-refractivity contribution in [2.75, 3.05) is 26.4 Å². The molecule has 70 heavy (non-hydrogen) atoms. The standard InChI is InChI=1S/C60H60N2O4S4/c1-5-9-37-63-45-21-13-41(14-22-45)49-29-33-53(67-49)57-58(54-34-30-50(68-54)42-15-23-46(24-16-42)64-38-10-6-2)62-60(56-36-32-52(70-56)44-19-27-48(28-20-44)66-40-12-8-4)59(61-57)55-35-31-51(69-55)43-17-25-47(26-18-43)65-39-11-7-3/h13-36H,5-12,37-40H2,1-4H3. The van der Waals surface area contributed by atoms with Crippen molar-refractivity contribution in [3.8, 4) is 107 Å². The number of benzene rings is 4. The first kappa shape index (κ1) is 49.0. The van der Waals surface area contributed by atoms with Crippen LogP contribution in [-0.2, 0) is 0 Å². The van der Waals surface area contributed by atoms with Gasteiger partial charge in [-0.05, 0) is 194 Å². The highest BCUT2D eigenvalue weighted by atomic mass is 32.1. The average Bonchev–Trinajstić information content (AvgIpc) is 4.26. The number of rotatable bonds is 24. The van der Waals surface area contributed by atoms with Crippen LogP contribution >= 0.6 is 45.3 Å². The van der Waals surface area contributed by atoms with Crippen molar-refractivity contribution < 1.29 is 18.9 Å². The Bertz CT molecular complexity index is 2630. The number of aromatic nitrogens is 2. The van der Waals surface area contributed by atoms with E-state index >= 15 is 0 Å². The van der Waals surface area contributed by atoms with Crippen LogP contribution in [0.5, 0.6) is 23.0 Å². The predicted molar refractivity (Wildman–Crippen MR) is 299 cm³/mol. The highest BCUT2D eigenvalue weighted by molar-refractivity contribution is 7.20.